The molecule has 0 fully saturated rings. The molecule has 0 aromatic heterocycles. The molecule has 0 atom stereocenters. The number of carbonyl (C=O) groups excluding carboxylic acids is 1. The highest BCUT2D eigenvalue weighted by Crippen LogP contribution is 2.04. The van der Waals surface area contributed by atoms with Crippen molar-refractivity contribution in [3.63, 3.8) is 0 Å². The summed E-state index contributed by atoms with van der Waals surface area (Å²) in [6.45, 7) is 2.47. The molecule has 1 N–H and O–H groups in total. The van der Waals surface area contributed by atoms with Crippen molar-refractivity contribution in [1.82, 2.24) is 0 Å². The van der Waals surface area contributed by atoms with Crippen LogP contribution in [-0.4, -0.2) is 24.3 Å². The Hall–Kier alpha value is -1.27. The number of allylic oxidation sites excluding steroid dienone is 1. The molecule has 0 amide bonds. The Morgan fingerprint density at radius 1 is 1.24 bits per heavy atom. The van der Waals surface area contributed by atoms with Crippen molar-refractivity contribution in [2.45, 2.75) is 45.4 Å². The molecule has 0 aliphatic carbocycles. The van der Waals surface area contributed by atoms with Crippen molar-refractivity contribution in [3.8, 4) is 11.8 Å². The van der Waals surface area contributed by atoms with Crippen LogP contribution < -0.4 is 0 Å². The zero-order valence-corrected chi connectivity index (χ0v) is 10.6. The molecule has 0 unspecified atom stereocenters. The Kier molecular flexibility index (Phi) is 11.8. The number of hydrogen-bond donors (Lipinski definition) is 1. The van der Waals surface area contributed by atoms with Crippen molar-refractivity contribution in [2.24, 2.45) is 0 Å². The van der Waals surface area contributed by atoms with Gasteiger partial charge in [0.2, 0.25) is 0 Å². The second-order valence-electron chi connectivity index (χ2n) is 3.75. The molecule has 0 radical (unpaired) electrons. The quantitative estimate of drug-likeness (QED) is 0.306. The normalized spacial score (nSPS) is 10.0. The minimum atomic E-state index is -0.370. The van der Waals surface area contributed by atoms with Crippen LogP contribution in [0.25, 0.3) is 0 Å². The Morgan fingerprint density at radius 3 is 2.65 bits per heavy atom. The molecule has 0 saturated carbocycles. The van der Waals surface area contributed by atoms with Crippen molar-refractivity contribution in [3.05, 3.63) is 12.2 Å². The summed E-state index contributed by atoms with van der Waals surface area (Å²) in [4.78, 5) is 11.1. The molecule has 0 aromatic rings. The summed E-state index contributed by atoms with van der Waals surface area (Å²) in [6.07, 6.45) is 9.71. The van der Waals surface area contributed by atoms with Crippen LogP contribution in [0.1, 0.15) is 45.4 Å². The summed E-state index contributed by atoms with van der Waals surface area (Å²) in [5.41, 5.74) is 0. The first kappa shape index (κ1) is 15.7. The zero-order chi connectivity index (χ0) is 12.8. The van der Waals surface area contributed by atoms with Crippen LogP contribution >= 0.6 is 0 Å². The van der Waals surface area contributed by atoms with E-state index in [2.05, 4.69) is 18.8 Å². The van der Waals surface area contributed by atoms with Gasteiger partial charge in [-0.3, -0.25) is 0 Å². The Balaban J connectivity index is 3.36. The molecule has 0 aliphatic heterocycles. The average molecular weight is 238 g/mol. The van der Waals surface area contributed by atoms with Gasteiger partial charge in [-0.05, 0) is 12.5 Å². The lowest BCUT2D eigenvalue weighted by Gasteiger charge is -2.01. The number of aliphatic hydroxyl groups excluding tert-OH is 1. The highest BCUT2D eigenvalue weighted by molar-refractivity contribution is 5.82. The Labute approximate surface area is 104 Å². The second kappa shape index (κ2) is 12.8. The molecule has 0 heterocycles. The summed E-state index contributed by atoms with van der Waals surface area (Å²) >= 11 is 0. The molecular weight excluding hydrogens is 216 g/mol. The number of aliphatic hydroxyl groups is 1. The minimum Gasteiger partial charge on any atom is -0.463 e. The molecule has 96 valence electrons. The summed E-state index contributed by atoms with van der Waals surface area (Å²) in [5.74, 6) is 4.55. The monoisotopic (exact) mass is 238 g/mol. The third-order valence-corrected chi connectivity index (χ3v) is 2.23. The minimum absolute atomic E-state index is 0.197. The predicted octanol–water partition coefficient (Wildman–Crippen LogP) is 2.44. The van der Waals surface area contributed by atoms with Crippen LogP contribution in [0.15, 0.2) is 12.2 Å². The van der Waals surface area contributed by atoms with Crippen molar-refractivity contribution in [1.29, 1.82) is 0 Å². The number of unbranched alkanes of at least 4 members (excludes halogenated alkanes) is 5. The first-order chi connectivity index (χ1) is 8.31. The summed E-state index contributed by atoms with van der Waals surface area (Å²) in [5, 5.41) is 8.37. The summed E-state index contributed by atoms with van der Waals surface area (Å²) < 4.78 is 4.97. The Morgan fingerprint density at radius 2 is 1.94 bits per heavy atom. The topological polar surface area (TPSA) is 46.5 Å². The fourth-order valence-electron chi connectivity index (χ4n) is 1.32. The smallest absolute Gasteiger partial charge is 0.331 e. The van der Waals surface area contributed by atoms with E-state index in [0.29, 0.717) is 6.61 Å². The molecule has 3 heteroatoms. The lowest BCUT2D eigenvalue weighted by atomic mass is 10.1. The van der Waals surface area contributed by atoms with Crippen LogP contribution in [0.2, 0.25) is 0 Å². The van der Waals surface area contributed by atoms with Gasteiger partial charge in [0.25, 0.3) is 0 Å². The predicted molar refractivity (Wildman–Crippen MR) is 68.3 cm³/mol. The van der Waals surface area contributed by atoms with E-state index in [4.69, 9.17) is 9.84 Å². The molecule has 0 aromatic carbocycles. The van der Waals surface area contributed by atoms with Gasteiger partial charge in [0, 0.05) is 6.08 Å². The van der Waals surface area contributed by atoms with Gasteiger partial charge < -0.3 is 9.84 Å². The van der Waals surface area contributed by atoms with Gasteiger partial charge in [-0.25, -0.2) is 4.79 Å². The SMILES string of the molecule is CCCCCCCCOC(=O)C=CC#CCO. The zero-order valence-electron chi connectivity index (χ0n) is 10.6. The number of ether oxygens (including phenoxy) is 1. The molecule has 0 spiro atoms. The van der Waals surface area contributed by atoms with Gasteiger partial charge in [-0.2, -0.15) is 0 Å². The average Bonchev–Trinajstić information content (AvgIpc) is 2.33. The largest absolute Gasteiger partial charge is 0.463 e. The molecule has 0 aliphatic rings. The molecule has 0 saturated heterocycles. The second-order valence-corrected chi connectivity index (χ2v) is 3.75. The molecule has 3 nitrogen and oxygen atoms in total. The van der Waals surface area contributed by atoms with Gasteiger partial charge in [-0.15, -0.1) is 0 Å². The summed E-state index contributed by atoms with van der Waals surface area (Å²) in [7, 11) is 0. The lowest BCUT2D eigenvalue weighted by Crippen LogP contribution is -2.02. The van der Waals surface area contributed by atoms with E-state index in [0.717, 1.165) is 12.8 Å². The highest BCUT2D eigenvalue weighted by Gasteiger charge is 1.95. The molecular formula is C14H22O3. The number of rotatable bonds is 8. The van der Waals surface area contributed by atoms with E-state index in [1.54, 1.807) is 0 Å². The van der Waals surface area contributed by atoms with Crippen molar-refractivity contribution >= 4 is 5.97 Å². The van der Waals surface area contributed by atoms with Crippen molar-refractivity contribution in [2.75, 3.05) is 13.2 Å². The fourth-order valence-corrected chi connectivity index (χ4v) is 1.32. The first-order valence-corrected chi connectivity index (χ1v) is 6.23. The molecule has 0 bridgehead atoms. The van der Waals surface area contributed by atoms with Crippen LogP contribution in [-0.2, 0) is 9.53 Å². The maximum Gasteiger partial charge on any atom is 0.331 e. The van der Waals surface area contributed by atoms with E-state index >= 15 is 0 Å². The van der Waals surface area contributed by atoms with E-state index in [1.165, 1.54) is 37.8 Å². The van der Waals surface area contributed by atoms with Gasteiger partial charge in [0.05, 0.1) is 6.61 Å². The lowest BCUT2D eigenvalue weighted by molar-refractivity contribution is -0.137. The standard InChI is InChI=1S/C14H22O3/c1-2-3-4-5-6-10-13-17-14(16)11-8-7-9-12-15/h8,11,15H,2-6,10,12-13H2,1H3. The van der Waals surface area contributed by atoms with Gasteiger partial charge in [0.15, 0.2) is 0 Å². The van der Waals surface area contributed by atoms with Crippen molar-refractivity contribution < 1.29 is 14.6 Å². The van der Waals surface area contributed by atoms with E-state index in [-0.39, 0.29) is 12.6 Å². The van der Waals surface area contributed by atoms with Gasteiger partial charge >= 0.3 is 5.97 Å². The Bertz CT molecular complexity index is 271. The summed E-state index contributed by atoms with van der Waals surface area (Å²) in [6, 6.07) is 0. The first-order valence-electron chi connectivity index (χ1n) is 6.23. The van der Waals surface area contributed by atoms with Crippen LogP contribution in [0.4, 0.5) is 0 Å². The number of carbonyl (C=O) groups is 1. The molecule has 0 rings (SSSR count). The third-order valence-electron chi connectivity index (χ3n) is 2.23. The fraction of sp³-hybridized carbons (Fsp3) is 0.643. The maximum atomic E-state index is 11.1. The van der Waals surface area contributed by atoms with Crippen LogP contribution in [0.5, 0.6) is 0 Å². The van der Waals surface area contributed by atoms with E-state index in [9.17, 15) is 4.79 Å². The van der Waals surface area contributed by atoms with Gasteiger partial charge in [-0.1, -0.05) is 50.9 Å². The number of hydrogen-bond acceptors (Lipinski definition) is 3. The maximum absolute atomic E-state index is 11.1. The van der Waals surface area contributed by atoms with Crippen LogP contribution in [0.3, 0.4) is 0 Å². The third kappa shape index (κ3) is 12.7. The van der Waals surface area contributed by atoms with Crippen LogP contribution in [0, 0.1) is 11.8 Å². The highest BCUT2D eigenvalue weighted by atomic mass is 16.5. The van der Waals surface area contributed by atoms with E-state index in [1.807, 2.05) is 0 Å². The van der Waals surface area contributed by atoms with Gasteiger partial charge in [0.1, 0.15) is 6.61 Å². The number of esters is 1. The molecule has 17 heavy (non-hydrogen) atoms. The van der Waals surface area contributed by atoms with E-state index < -0.39 is 0 Å².